The Labute approximate surface area is 134 Å². The van der Waals surface area contributed by atoms with E-state index >= 15 is 0 Å². The summed E-state index contributed by atoms with van der Waals surface area (Å²) in [5.41, 5.74) is 1.60. The topological polar surface area (TPSA) is 48.0 Å². The largest absolute Gasteiger partial charge is 0.493 e. The molecular weight excluding hydrogens is 302 g/mol. The van der Waals surface area contributed by atoms with Gasteiger partial charge in [-0.2, -0.15) is 11.3 Å². The van der Waals surface area contributed by atoms with Crippen LogP contribution in [0.2, 0.25) is 0 Å². The SMILES string of the molecule is COc1cc(C(=O)N(C)Cc2ccsc2)cc(OC)c1OC. The molecule has 1 heterocycles. The Balaban J connectivity index is 2.28. The van der Waals surface area contributed by atoms with E-state index in [4.69, 9.17) is 14.2 Å². The minimum absolute atomic E-state index is 0.106. The van der Waals surface area contributed by atoms with E-state index in [2.05, 4.69) is 0 Å². The van der Waals surface area contributed by atoms with E-state index in [0.29, 0.717) is 29.4 Å². The first kappa shape index (κ1) is 16.2. The summed E-state index contributed by atoms with van der Waals surface area (Å²) in [6.07, 6.45) is 0. The Kier molecular flexibility index (Phi) is 5.27. The zero-order valence-corrected chi connectivity index (χ0v) is 13.9. The molecule has 2 rings (SSSR count). The maximum absolute atomic E-state index is 12.6. The predicted octanol–water partition coefficient (Wildman–Crippen LogP) is 3.05. The van der Waals surface area contributed by atoms with Gasteiger partial charge in [-0.15, -0.1) is 0 Å². The van der Waals surface area contributed by atoms with Gasteiger partial charge in [-0.3, -0.25) is 4.79 Å². The van der Waals surface area contributed by atoms with Crippen LogP contribution in [0.1, 0.15) is 15.9 Å². The Morgan fingerprint density at radius 2 is 1.77 bits per heavy atom. The average Bonchev–Trinajstić information content (AvgIpc) is 3.05. The van der Waals surface area contributed by atoms with Gasteiger partial charge < -0.3 is 19.1 Å². The number of carbonyl (C=O) groups is 1. The Bertz CT molecular complexity index is 615. The molecule has 0 spiro atoms. The molecule has 1 aromatic carbocycles. The number of amides is 1. The van der Waals surface area contributed by atoms with Gasteiger partial charge in [0.05, 0.1) is 21.3 Å². The third-order valence-electron chi connectivity index (χ3n) is 3.26. The molecule has 0 unspecified atom stereocenters. The van der Waals surface area contributed by atoms with Gasteiger partial charge in [-0.25, -0.2) is 0 Å². The van der Waals surface area contributed by atoms with Crippen LogP contribution >= 0.6 is 11.3 Å². The van der Waals surface area contributed by atoms with Crippen molar-refractivity contribution in [3.63, 3.8) is 0 Å². The molecule has 2 aromatic rings. The Morgan fingerprint density at radius 1 is 1.14 bits per heavy atom. The second-order valence-corrected chi connectivity index (χ2v) is 5.49. The highest BCUT2D eigenvalue weighted by atomic mass is 32.1. The summed E-state index contributed by atoms with van der Waals surface area (Å²) in [6.45, 7) is 0.555. The van der Waals surface area contributed by atoms with E-state index in [1.807, 2.05) is 16.8 Å². The van der Waals surface area contributed by atoms with Crippen molar-refractivity contribution in [2.24, 2.45) is 0 Å². The van der Waals surface area contributed by atoms with Crippen molar-refractivity contribution in [1.82, 2.24) is 4.90 Å². The zero-order valence-electron chi connectivity index (χ0n) is 13.1. The highest BCUT2D eigenvalue weighted by molar-refractivity contribution is 7.07. The third kappa shape index (κ3) is 3.33. The number of rotatable bonds is 6. The molecular formula is C16H19NO4S. The molecule has 0 radical (unpaired) electrons. The first-order valence-corrected chi connectivity index (χ1v) is 7.61. The van der Waals surface area contributed by atoms with Crippen molar-refractivity contribution in [2.75, 3.05) is 28.4 Å². The van der Waals surface area contributed by atoms with Crippen LogP contribution in [0.15, 0.2) is 29.0 Å². The summed E-state index contributed by atoms with van der Waals surface area (Å²) in [4.78, 5) is 14.2. The second kappa shape index (κ2) is 7.17. The lowest BCUT2D eigenvalue weighted by Gasteiger charge is -2.19. The number of carbonyl (C=O) groups excluding carboxylic acids is 1. The molecule has 0 saturated carbocycles. The van der Waals surface area contributed by atoms with Crippen LogP contribution in [0, 0.1) is 0 Å². The molecule has 22 heavy (non-hydrogen) atoms. The number of hydrogen-bond donors (Lipinski definition) is 0. The number of nitrogens with zero attached hydrogens (tertiary/aromatic N) is 1. The van der Waals surface area contributed by atoms with Crippen molar-refractivity contribution in [1.29, 1.82) is 0 Å². The van der Waals surface area contributed by atoms with Gasteiger partial charge in [0.25, 0.3) is 5.91 Å². The van der Waals surface area contributed by atoms with Crippen molar-refractivity contribution in [2.45, 2.75) is 6.54 Å². The summed E-state index contributed by atoms with van der Waals surface area (Å²) in [6, 6.07) is 5.32. The normalized spacial score (nSPS) is 10.2. The number of hydrogen-bond acceptors (Lipinski definition) is 5. The van der Waals surface area contributed by atoms with Crippen LogP contribution in [0.25, 0.3) is 0 Å². The standard InChI is InChI=1S/C16H19NO4S/c1-17(9-11-5-6-22-10-11)16(18)12-7-13(19-2)15(21-4)14(8-12)20-3/h5-8,10H,9H2,1-4H3. The van der Waals surface area contributed by atoms with E-state index in [1.54, 1.807) is 35.4 Å². The fourth-order valence-corrected chi connectivity index (χ4v) is 2.81. The smallest absolute Gasteiger partial charge is 0.254 e. The van der Waals surface area contributed by atoms with Crippen molar-refractivity contribution < 1.29 is 19.0 Å². The van der Waals surface area contributed by atoms with Gasteiger partial charge in [0, 0.05) is 19.2 Å². The molecule has 0 N–H and O–H groups in total. The molecule has 0 bridgehead atoms. The molecule has 118 valence electrons. The van der Waals surface area contributed by atoms with Gasteiger partial charge >= 0.3 is 0 Å². The third-order valence-corrected chi connectivity index (χ3v) is 3.99. The average molecular weight is 321 g/mol. The van der Waals surface area contributed by atoms with E-state index < -0.39 is 0 Å². The molecule has 5 nitrogen and oxygen atoms in total. The maximum Gasteiger partial charge on any atom is 0.254 e. The van der Waals surface area contributed by atoms with Gasteiger partial charge in [-0.1, -0.05) is 0 Å². The Hall–Kier alpha value is -2.21. The molecule has 6 heteroatoms. The number of benzene rings is 1. The van der Waals surface area contributed by atoms with E-state index in [-0.39, 0.29) is 5.91 Å². The number of ether oxygens (including phenoxy) is 3. The minimum atomic E-state index is -0.106. The highest BCUT2D eigenvalue weighted by Gasteiger charge is 2.19. The van der Waals surface area contributed by atoms with Crippen LogP contribution in [-0.4, -0.2) is 39.2 Å². The van der Waals surface area contributed by atoms with Crippen molar-refractivity contribution >= 4 is 17.2 Å². The van der Waals surface area contributed by atoms with Crippen LogP contribution < -0.4 is 14.2 Å². The fourth-order valence-electron chi connectivity index (χ4n) is 2.15. The monoisotopic (exact) mass is 321 g/mol. The van der Waals surface area contributed by atoms with E-state index in [9.17, 15) is 4.79 Å². The lowest BCUT2D eigenvalue weighted by molar-refractivity contribution is 0.0784. The highest BCUT2D eigenvalue weighted by Crippen LogP contribution is 2.38. The van der Waals surface area contributed by atoms with Gasteiger partial charge in [0.15, 0.2) is 11.5 Å². The van der Waals surface area contributed by atoms with E-state index in [0.717, 1.165) is 5.56 Å². The first-order valence-electron chi connectivity index (χ1n) is 6.67. The van der Waals surface area contributed by atoms with Crippen molar-refractivity contribution in [3.8, 4) is 17.2 Å². The van der Waals surface area contributed by atoms with Crippen LogP contribution in [-0.2, 0) is 6.54 Å². The van der Waals surface area contributed by atoms with Crippen molar-refractivity contribution in [3.05, 3.63) is 40.1 Å². The zero-order chi connectivity index (χ0) is 16.1. The van der Waals surface area contributed by atoms with Gasteiger partial charge in [0.2, 0.25) is 5.75 Å². The maximum atomic E-state index is 12.6. The number of methoxy groups -OCH3 is 3. The molecule has 0 saturated heterocycles. The predicted molar refractivity (Wildman–Crippen MR) is 86.2 cm³/mol. The lowest BCUT2D eigenvalue weighted by Crippen LogP contribution is -2.26. The van der Waals surface area contributed by atoms with Crippen LogP contribution in [0.5, 0.6) is 17.2 Å². The summed E-state index contributed by atoms with van der Waals surface area (Å²) < 4.78 is 15.8. The quantitative estimate of drug-likeness (QED) is 0.820. The molecule has 0 fully saturated rings. The van der Waals surface area contributed by atoms with Gasteiger partial charge in [0.1, 0.15) is 0 Å². The molecule has 1 aromatic heterocycles. The minimum Gasteiger partial charge on any atom is -0.493 e. The van der Waals surface area contributed by atoms with Crippen LogP contribution in [0.3, 0.4) is 0 Å². The number of thiophene rings is 1. The summed E-state index contributed by atoms with van der Waals surface area (Å²) in [5, 5.41) is 4.02. The molecule has 0 aliphatic carbocycles. The first-order chi connectivity index (χ1) is 10.6. The molecule has 0 aliphatic heterocycles. The van der Waals surface area contributed by atoms with Crippen LogP contribution in [0.4, 0.5) is 0 Å². The molecule has 0 aliphatic rings. The summed E-state index contributed by atoms with van der Waals surface area (Å²) in [5.74, 6) is 1.30. The second-order valence-electron chi connectivity index (χ2n) is 4.71. The fraction of sp³-hybridized carbons (Fsp3) is 0.312. The lowest BCUT2D eigenvalue weighted by atomic mass is 10.1. The molecule has 0 atom stereocenters. The summed E-state index contributed by atoms with van der Waals surface area (Å²) >= 11 is 1.61. The molecule has 1 amide bonds. The Morgan fingerprint density at radius 3 is 2.23 bits per heavy atom. The van der Waals surface area contributed by atoms with Gasteiger partial charge in [-0.05, 0) is 34.5 Å². The van der Waals surface area contributed by atoms with E-state index in [1.165, 1.54) is 21.3 Å². The summed E-state index contributed by atoms with van der Waals surface area (Å²) in [7, 11) is 6.36.